The number of carbonyl (C=O) groups is 6. The summed E-state index contributed by atoms with van der Waals surface area (Å²) in [5.74, 6) is -1.28. The fourth-order valence-corrected chi connectivity index (χ4v) is 8.51. The van der Waals surface area contributed by atoms with Gasteiger partial charge in [0.05, 0.1) is 48.4 Å². The molecule has 0 spiro atoms. The summed E-state index contributed by atoms with van der Waals surface area (Å²) in [4.78, 5) is 80.7. The molecule has 6 amide bonds. The van der Waals surface area contributed by atoms with Crippen molar-refractivity contribution in [1.82, 2.24) is 31.1 Å². The van der Waals surface area contributed by atoms with E-state index in [2.05, 4.69) is 21.3 Å². The van der Waals surface area contributed by atoms with E-state index in [1.807, 2.05) is 0 Å². The van der Waals surface area contributed by atoms with Gasteiger partial charge in [-0.05, 0) is 113 Å². The maximum atomic E-state index is 13.4. The third-order valence-electron chi connectivity index (χ3n) is 11.4. The monoisotopic (exact) mass is 992 g/mol. The molecule has 1 aromatic rings. The Morgan fingerprint density at radius 1 is 0.800 bits per heavy atom. The van der Waals surface area contributed by atoms with Crippen LogP contribution in [0, 0.1) is 0 Å². The number of nitrogens with one attached hydrogen (secondary N) is 4. The van der Waals surface area contributed by atoms with Gasteiger partial charge in [0, 0.05) is 13.6 Å². The van der Waals surface area contributed by atoms with E-state index in [1.54, 1.807) is 92.7 Å². The molecular weight excluding hydrogens is 921 g/mol. The molecule has 0 aromatic heterocycles. The van der Waals surface area contributed by atoms with Gasteiger partial charge in [0.25, 0.3) is 11.8 Å². The Morgan fingerprint density at radius 2 is 1.33 bits per heavy atom. The molecule has 23 nitrogen and oxygen atoms in total. The lowest BCUT2D eigenvalue weighted by molar-refractivity contribution is -0.311. The van der Waals surface area contributed by atoms with E-state index in [1.165, 1.54) is 18.9 Å². The van der Waals surface area contributed by atoms with Crippen molar-refractivity contribution >= 4 is 36.0 Å². The molecule has 11 atom stereocenters. The molecule has 1 aliphatic carbocycles. The van der Waals surface area contributed by atoms with Gasteiger partial charge in [-0.1, -0.05) is 12.1 Å². The molecule has 0 bridgehead atoms. The number of hydrogen-bond donors (Lipinski definition) is 8. The van der Waals surface area contributed by atoms with Crippen LogP contribution in [0.4, 0.5) is 14.4 Å². The number of likely N-dealkylation sites (N-methyl/N-ethyl adjacent to an activating group) is 1. The zero-order valence-electron chi connectivity index (χ0n) is 41.8. The average molecular weight is 993 g/mol. The van der Waals surface area contributed by atoms with Crippen LogP contribution >= 0.6 is 0 Å². The summed E-state index contributed by atoms with van der Waals surface area (Å²) in [5.41, 5.74) is -3.95. The first kappa shape index (κ1) is 55.8. The fraction of sp³-hybridized carbons (Fsp3) is 0.702. The quantitative estimate of drug-likeness (QED) is 0.0700. The number of rotatable bonds is 15. The lowest BCUT2D eigenvalue weighted by Crippen LogP contribution is -2.70. The van der Waals surface area contributed by atoms with Gasteiger partial charge in [-0.2, -0.15) is 0 Å². The van der Waals surface area contributed by atoms with Gasteiger partial charge in [-0.15, -0.1) is 0 Å². The maximum absolute atomic E-state index is 13.4. The van der Waals surface area contributed by atoms with Crippen molar-refractivity contribution in [1.29, 1.82) is 0 Å². The molecule has 23 heteroatoms. The number of aliphatic hydroxyl groups is 4. The minimum atomic E-state index is -1.85. The first-order valence-electron chi connectivity index (χ1n) is 23.4. The number of amides is 6. The number of ether oxygens (including phenoxy) is 7. The minimum absolute atomic E-state index is 0.118. The molecule has 0 unspecified atom stereocenters. The zero-order valence-corrected chi connectivity index (χ0v) is 41.8. The molecule has 1 saturated heterocycles. The SMILES string of the molecule is CN(C(=O)OC(C)(C)C)[C@@H]1[C@@H](O)[C@@H](O[C@@H]2[C@@H](O)[C@H](O[C@H]3OC(CNCCCN4C(=O)c5ccccc5C4=O)=CC[C@H]3NC(=O)OC(C)(C)C)[C@@H](NC(=O)OC(C)(C)C)C[C@H]2NC(=O)CO)OC[C@]1(C)O. The van der Waals surface area contributed by atoms with E-state index in [0.717, 1.165) is 4.90 Å². The van der Waals surface area contributed by atoms with Crippen LogP contribution in [0.5, 0.6) is 0 Å². The van der Waals surface area contributed by atoms with Gasteiger partial charge < -0.3 is 79.8 Å². The number of aliphatic hydroxyl groups excluding tert-OH is 3. The summed E-state index contributed by atoms with van der Waals surface area (Å²) >= 11 is 0. The van der Waals surface area contributed by atoms with E-state index in [-0.39, 0.29) is 37.7 Å². The van der Waals surface area contributed by atoms with Crippen LogP contribution in [-0.2, 0) is 38.0 Å². The summed E-state index contributed by atoms with van der Waals surface area (Å²) in [6.07, 6.45) is -10.4. The number of alkyl carbamates (subject to hydrolysis) is 2. The smallest absolute Gasteiger partial charge is 0.410 e. The second kappa shape index (κ2) is 22.5. The predicted molar refractivity (Wildman–Crippen MR) is 247 cm³/mol. The molecule has 1 saturated carbocycles. The van der Waals surface area contributed by atoms with Crippen molar-refractivity contribution in [2.75, 3.05) is 39.9 Å². The van der Waals surface area contributed by atoms with E-state index in [4.69, 9.17) is 33.2 Å². The van der Waals surface area contributed by atoms with Gasteiger partial charge in [-0.25, -0.2) is 14.4 Å². The Morgan fingerprint density at radius 3 is 1.87 bits per heavy atom. The largest absolute Gasteiger partial charge is 0.466 e. The third kappa shape index (κ3) is 14.7. The number of fused-ring (bicyclic) bond motifs is 1. The lowest BCUT2D eigenvalue weighted by atomic mass is 9.83. The van der Waals surface area contributed by atoms with Gasteiger partial charge in [0.1, 0.15) is 59.2 Å². The Kier molecular flexibility index (Phi) is 17.9. The third-order valence-corrected chi connectivity index (χ3v) is 11.4. The topological polar surface area (TPSA) is 303 Å². The van der Waals surface area contributed by atoms with Crippen molar-refractivity contribution < 1.29 is 82.4 Å². The van der Waals surface area contributed by atoms with Crippen molar-refractivity contribution in [3.63, 3.8) is 0 Å². The zero-order chi connectivity index (χ0) is 52.1. The summed E-state index contributed by atoms with van der Waals surface area (Å²) in [5, 5.41) is 56.7. The number of benzene rings is 1. The molecule has 3 aliphatic heterocycles. The fourth-order valence-electron chi connectivity index (χ4n) is 8.51. The van der Waals surface area contributed by atoms with Crippen molar-refractivity contribution in [3.05, 3.63) is 47.2 Å². The highest BCUT2D eigenvalue weighted by Crippen LogP contribution is 2.35. The number of imide groups is 1. The van der Waals surface area contributed by atoms with Crippen molar-refractivity contribution in [3.8, 4) is 0 Å². The van der Waals surface area contributed by atoms with Crippen LogP contribution in [-0.4, -0.2) is 190 Å². The normalized spacial score (nSPS) is 29.2. The summed E-state index contributed by atoms with van der Waals surface area (Å²) in [7, 11) is 1.32. The molecule has 5 rings (SSSR count). The highest BCUT2D eigenvalue weighted by molar-refractivity contribution is 6.21. The standard InChI is InChI=1S/C47H72N6O17/c1-44(2,3)68-41(60)50-28-18-17-25(22-48-19-14-20-53-37(58)26-15-12-13-16-27(26)38(53)59)65-39(28)66-35-30(51-42(61)69-45(4,5)6)21-29(49-31(55)23-54)34(32(35)56)67-40-33(57)36(47(10,63)24-64-40)52(11)43(62)70-46(7,8)9/h12-13,15-17,28-30,32-36,39-40,48,54,56-57,63H,14,18-24H2,1-11H3,(H,49,55)(H,50,60)(H,51,61)/t28-,29-,30+,32-,33-,34+,35-,36-,39-,40-,47+/m1/s1. The molecule has 3 heterocycles. The first-order chi connectivity index (χ1) is 32.5. The second-order valence-electron chi connectivity index (χ2n) is 21.1. The van der Waals surface area contributed by atoms with Crippen LogP contribution in [0.25, 0.3) is 0 Å². The predicted octanol–water partition coefficient (Wildman–Crippen LogP) is 1.40. The van der Waals surface area contributed by atoms with Gasteiger partial charge in [-0.3, -0.25) is 19.3 Å². The highest BCUT2D eigenvalue weighted by atomic mass is 16.7. The Bertz CT molecular complexity index is 2050. The Labute approximate surface area is 407 Å². The van der Waals surface area contributed by atoms with Crippen molar-refractivity contribution in [2.24, 2.45) is 0 Å². The number of carbonyl (C=O) groups excluding carboxylic acids is 6. The lowest BCUT2D eigenvalue weighted by Gasteiger charge is -2.50. The average Bonchev–Trinajstić information content (AvgIpc) is 3.47. The van der Waals surface area contributed by atoms with E-state index < -0.39 is 121 Å². The summed E-state index contributed by atoms with van der Waals surface area (Å²) in [6.45, 7) is 15.4. The number of hydrogen-bond acceptors (Lipinski definition) is 18. The molecule has 0 radical (unpaired) electrons. The first-order valence-corrected chi connectivity index (χ1v) is 23.4. The molecule has 2 fully saturated rings. The van der Waals surface area contributed by atoms with E-state index in [9.17, 15) is 49.2 Å². The van der Waals surface area contributed by atoms with Gasteiger partial charge in [0.15, 0.2) is 6.29 Å². The Balaban J connectivity index is 1.41. The second-order valence-corrected chi connectivity index (χ2v) is 21.1. The molecule has 1 aromatic carbocycles. The van der Waals surface area contributed by atoms with Crippen LogP contribution in [0.2, 0.25) is 0 Å². The van der Waals surface area contributed by atoms with Crippen LogP contribution in [0.15, 0.2) is 36.1 Å². The molecule has 70 heavy (non-hydrogen) atoms. The van der Waals surface area contributed by atoms with Gasteiger partial charge in [0.2, 0.25) is 12.2 Å². The molecule has 392 valence electrons. The molecule has 4 aliphatic rings. The number of nitrogens with zero attached hydrogens (tertiary/aromatic N) is 2. The molecular formula is C47H72N6O17. The van der Waals surface area contributed by atoms with E-state index >= 15 is 0 Å². The highest BCUT2D eigenvalue weighted by Gasteiger charge is 2.55. The van der Waals surface area contributed by atoms with Crippen LogP contribution < -0.4 is 21.3 Å². The maximum Gasteiger partial charge on any atom is 0.410 e. The van der Waals surface area contributed by atoms with Crippen LogP contribution in [0.1, 0.15) is 109 Å². The summed E-state index contributed by atoms with van der Waals surface area (Å²) < 4.78 is 41.6. The summed E-state index contributed by atoms with van der Waals surface area (Å²) in [6, 6.07) is 1.80. The minimum Gasteiger partial charge on any atom is -0.466 e. The van der Waals surface area contributed by atoms with Crippen LogP contribution in [0.3, 0.4) is 0 Å². The van der Waals surface area contributed by atoms with Gasteiger partial charge >= 0.3 is 18.3 Å². The van der Waals surface area contributed by atoms with Crippen molar-refractivity contribution in [2.45, 2.75) is 172 Å². The Hall–Kier alpha value is -5.14. The van der Waals surface area contributed by atoms with E-state index in [0.29, 0.717) is 29.9 Å². The molecule has 8 N–H and O–H groups in total.